The Bertz CT molecular complexity index is 1220. The smallest absolute Gasteiger partial charge is 0.386 e. The van der Waals surface area contributed by atoms with E-state index in [0.717, 1.165) is 0 Å². The second-order valence-corrected chi connectivity index (χ2v) is 10.4. The van der Waals surface area contributed by atoms with Crippen molar-refractivity contribution in [1.29, 1.82) is 0 Å². The molecule has 206 valence electrons. The number of aliphatic hydroxyl groups is 1. The van der Waals surface area contributed by atoms with Crippen molar-refractivity contribution >= 4 is 11.8 Å². The third kappa shape index (κ3) is 5.54. The average Bonchev–Trinajstić information content (AvgIpc) is 3.18. The van der Waals surface area contributed by atoms with Crippen molar-refractivity contribution in [2.75, 3.05) is 13.2 Å². The number of likely N-dealkylation sites (tertiary alicyclic amines) is 1. The molecule has 2 heterocycles. The highest BCUT2D eigenvalue weighted by atomic mass is 19.4. The first kappa shape index (κ1) is 28.0. The zero-order valence-electron chi connectivity index (χ0n) is 21.1. The van der Waals surface area contributed by atoms with E-state index >= 15 is 0 Å². The third-order valence-corrected chi connectivity index (χ3v) is 7.18. The molecule has 0 spiro atoms. The number of nitrogens with zero attached hydrogens (tertiary/aromatic N) is 1. The number of carbonyl (C=O) groups excluding carboxylic acids is 2. The monoisotopic (exact) mass is 540 g/mol. The molecule has 0 unspecified atom stereocenters. The van der Waals surface area contributed by atoms with Crippen LogP contribution in [0.15, 0.2) is 36.4 Å². The lowest BCUT2D eigenvalue weighted by Gasteiger charge is -2.36. The first-order valence-corrected chi connectivity index (χ1v) is 12.3. The Labute approximate surface area is 216 Å². The molecular formula is C27H29F5N2O4. The lowest BCUT2D eigenvalue weighted by atomic mass is 9.90. The zero-order chi connectivity index (χ0) is 28.0. The maximum absolute atomic E-state index is 14.8. The van der Waals surface area contributed by atoms with Gasteiger partial charge < -0.3 is 20.1 Å². The SMILES string of the molecule is C[C@@H]1CC[C@H](C(=O)N[C@@H](c2cc(F)c(C(F)(F)F)cc2F)C2COC2)N1C(=O)c1cccc(C(C)(C)O)c1. The van der Waals surface area contributed by atoms with E-state index in [-0.39, 0.29) is 30.9 Å². The summed E-state index contributed by atoms with van der Waals surface area (Å²) in [5.41, 5.74) is -2.55. The van der Waals surface area contributed by atoms with Crippen LogP contribution in [0.3, 0.4) is 0 Å². The van der Waals surface area contributed by atoms with E-state index in [2.05, 4.69) is 5.32 Å². The fourth-order valence-corrected chi connectivity index (χ4v) is 4.93. The summed E-state index contributed by atoms with van der Waals surface area (Å²) in [7, 11) is 0. The van der Waals surface area contributed by atoms with Crippen molar-refractivity contribution in [3.05, 3.63) is 70.3 Å². The molecule has 2 amide bonds. The minimum absolute atomic E-state index is 0.0897. The van der Waals surface area contributed by atoms with Gasteiger partial charge in [0.05, 0.1) is 30.4 Å². The molecule has 0 bridgehead atoms. The zero-order valence-corrected chi connectivity index (χ0v) is 21.1. The first-order valence-electron chi connectivity index (χ1n) is 12.3. The maximum Gasteiger partial charge on any atom is 0.419 e. The molecule has 0 saturated carbocycles. The van der Waals surface area contributed by atoms with Crippen LogP contribution in [0, 0.1) is 17.6 Å². The van der Waals surface area contributed by atoms with Gasteiger partial charge in [-0.3, -0.25) is 9.59 Å². The van der Waals surface area contributed by atoms with Crippen molar-refractivity contribution in [1.82, 2.24) is 10.2 Å². The third-order valence-electron chi connectivity index (χ3n) is 7.18. The number of carbonyl (C=O) groups is 2. The van der Waals surface area contributed by atoms with Gasteiger partial charge in [-0.05, 0) is 63.4 Å². The van der Waals surface area contributed by atoms with Crippen molar-refractivity contribution in [2.24, 2.45) is 5.92 Å². The number of hydrogen-bond donors (Lipinski definition) is 2. The summed E-state index contributed by atoms with van der Waals surface area (Å²) >= 11 is 0. The second-order valence-electron chi connectivity index (χ2n) is 10.4. The molecule has 6 nitrogen and oxygen atoms in total. The Morgan fingerprint density at radius 2 is 1.76 bits per heavy atom. The van der Waals surface area contributed by atoms with Gasteiger partial charge in [0.25, 0.3) is 5.91 Å². The topological polar surface area (TPSA) is 78.9 Å². The summed E-state index contributed by atoms with van der Waals surface area (Å²) < 4.78 is 73.5. The fourth-order valence-electron chi connectivity index (χ4n) is 4.93. The standard InChI is InChI=1S/C27H29F5N2O4/c1-14-7-8-22(34(14)25(36)15-5-4-6-17(9-15)26(2,3)37)24(35)33-23(16-12-38-13-16)18-10-21(29)19(11-20(18)28)27(30,31)32/h4-6,9-11,14,16,22-23,37H,7-8,12-13H2,1-3H3,(H,33,35)/t14-,22-,23-/m1/s1. The normalized spacial score (nSPS) is 21.2. The molecule has 4 rings (SSSR count). The molecule has 2 saturated heterocycles. The number of benzene rings is 2. The predicted octanol–water partition coefficient (Wildman–Crippen LogP) is 4.71. The Balaban J connectivity index is 1.61. The number of hydrogen-bond acceptors (Lipinski definition) is 4. The lowest BCUT2D eigenvalue weighted by molar-refractivity contribution is -0.140. The molecule has 2 aromatic carbocycles. The van der Waals surface area contributed by atoms with Crippen LogP contribution in [-0.4, -0.2) is 47.1 Å². The molecule has 2 fully saturated rings. The molecular weight excluding hydrogens is 511 g/mol. The van der Waals surface area contributed by atoms with E-state index in [9.17, 15) is 36.6 Å². The van der Waals surface area contributed by atoms with Crippen LogP contribution in [0.1, 0.15) is 66.7 Å². The molecule has 0 radical (unpaired) electrons. The molecule has 11 heteroatoms. The van der Waals surface area contributed by atoms with Gasteiger partial charge in [-0.1, -0.05) is 12.1 Å². The molecule has 3 atom stereocenters. The summed E-state index contributed by atoms with van der Waals surface area (Å²) in [6.45, 7) is 5.14. The van der Waals surface area contributed by atoms with Crippen LogP contribution in [0.2, 0.25) is 0 Å². The minimum atomic E-state index is -5.08. The summed E-state index contributed by atoms with van der Waals surface area (Å²) in [5.74, 6) is -4.50. The van der Waals surface area contributed by atoms with Crippen molar-refractivity contribution in [2.45, 2.75) is 63.5 Å². The lowest BCUT2D eigenvalue weighted by Crippen LogP contribution is -2.51. The fraction of sp³-hybridized carbons (Fsp3) is 0.481. The molecule has 0 aromatic heterocycles. The Kier molecular flexibility index (Phi) is 7.55. The quantitative estimate of drug-likeness (QED) is 0.521. The van der Waals surface area contributed by atoms with Crippen LogP contribution in [0.5, 0.6) is 0 Å². The summed E-state index contributed by atoms with van der Waals surface area (Å²) in [6, 6.07) is 4.59. The minimum Gasteiger partial charge on any atom is -0.386 e. The van der Waals surface area contributed by atoms with E-state index in [4.69, 9.17) is 4.74 Å². The highest BCUT2D eigenvalue weighted by Gasteiger charge is 2.43. The van der Waals surface area contributed by atoms with Gasteiger partial charge in [-0.15, -0.1) is 0 Å². The Morgan fingerprint density at radius 3 is 2.34 bits per heavy atom. The van der Waals surface area contributed by atoms with Crippen LogP contribution in [0.4, 0.5) is 22.0 Å². The van der Waals surface area contributed by atoms with Crippen molar-refractivity contribution in [3.63, 3.8) is 0 Å². The van der Waals surface area contributed by atoms with E-state index < -0.39 is 64.4 Å². The van der Waals surface area contributed by atoms with E-state index in [1.165, 1.54) is 4.90 Å². The molecule has 38 heavy (non-hydrogen) atoms. The van der Waals surface area contributed by atoms with Gasteiger partial charge in [-0.25, -0.2) is 8.78 Å². The van der Waals surface area contributed by atoms with Crippen LogP contribution in [-0.2, 0) is 21.3 Å². The highest BCUT2D eigenvalue weighted by molar-refractivity contribution is 5.98. The van der Waals surface area contributed by atoms with Crippen LogP contribution >= 0.6 is 0 Å². The predicted molar refractivity (Wildman–Crippen MR) is 127 cm³/mol. The Morgan fingerprint density at radius 1 is 1.08 bits per heavy atom. The average molecular weight is 541 g/mol. The van der Waals surface area contributed by atoms with Crippen molar-refractivity contribution < 1.29 is 41.4 Å². The number of alkyl halides is 3. The van der Waals surface area contributed by atoms with Gasteiger partial charge in [0.15, 0.2) is 0 Å². The molecule has 2 N–H and O–H groups in total. The number of halogens is 5. The van der Waals surface area contributed by atoms with E-state index in [1.54, 1.807) is 45.0 Å². The van der Waals surface area contributed by atoms with E-state index in [1.807, 2.05) is 0 Å². The summed E-state index contributed by atoms with van der Waals surface area (Å²) in [5, 5.41) is 13.0. The second kappa shape index (κ2) is 10.3. The van der Waals surface area contributed by atoms with Gasteiger partial charge >= 0.3 is 6.18 Å². The number of nitrogens with one attached hydrogen (secondary N) is 1. The molecule has 2 aliphatic heterocycles. The molecule has 2 aliphatic rings. The first-order chi connectivity index (χ1) is 17.7. The molecule has 2 aromatic rings. The van der Waals surface area contributed by atoms with Crippen LogP contribution in [0.25, 0.3) is 0 Å². The molecule has 0 aliphatic carbocycles. The number of rotatable bonds is 6. The Hall–Kier alpha value is -3.05. The summed E-state index contributed by atoms with van der Waals surface area (Å²) in [6.07, 6.45) is -4.26. The van der Waals surface area contributed by atoms with Gasteiger partial charge in [0.1, 0.15) is 17.7 Å². The summed E-state index contributed by atoms with van der Waals surface area (Å²) in [4.78, 5) is 28.3. The van der Waals surface area contributed by atoms with Crippen molar-refractivity contribution in [3.8, 4) is 0 Å². The van der Waals surface area contributed by atoms with Gasteiger partial charge in [0.2, 0.25) is 5.91 Å². The number of amides is 2. The number of ether oxygens (including phenoxy) is 1. The van der Waals surface area contributed by atoms with Gasteiger partial charge in [-0.2, -0.15) is 13.2 Å². The van der Waals surface area contributed by atoms with E-state index in [0.29, 0.717) is 24.5 Å². The maximum atomic E-state index is 14.8. The largest absolute Gasteiger partial charge is 0.419 e. The van der Waals surface area contributed by atoms with Gasteiger partial charge in [0, 0.05) is 23.1 Å². The highest BCUT2D eigenvalue weighted by Crippen LogP contribution is 2.37. The van der Waals surface area contributed by atoms with Crippen LogP contribution < -0.4 is 5.32 Å².